The van der Waals surface area contributed by atoms with Gasteiger partial charge in [-0.2, -0.15) is 0 Å². The van der Waals surface area contributed by atoms with E-state index in [1.165, 1.54) is 46.4 Å². The Bertz CT molecular complexity index is 942. The van der Waals surface area contributed by atoms with Crippen LogP contribution in [0.5, 0.6) is 0 Å². The molecular weight excluding hydrogens is 400 g/mol. The Labute approximate surface area is 180 Å². The van der Waals surface area contributed by atoms with Crippen LogP contribution in [-0.4, -0.2) is 30.2 Å². The highest BCUT2D eigenvalue weighted by Crippen LogP contribution is 2.40. The number of likely N-dealkylation sites (tertiary alicyclic amines) is 1. The third kappa shape index (κ3) is 4.60. The summed E-state index contributed by atoms with van der Waals surface area (Å²) in [6.45, 7) is 4.26. The van der Waals surface area contributed by atoms with Gasteiger partial charge in [0.05, 0.1) is 12.3 Å². The number of hydrogen-bond donors (Lipinski definition) is 1. The molecule has 0 saturated carbocycles. The zero-order valence-corrected chi connectivity index (χ0v) is 18.4. The number of amides is 1. The summed E-state index contributed by atoms with van der Waals surface area (Å²) in [6, 6.07) is 14.6. The largest absolute Gasteiger partial charge is 0.459 e. The van der Waals surface area contributed by atoms with Crippen LogP contribution < -0.4 is 5.32 Å². The number of benzene rings is 1. The van der Waals surface area contributed by atoms with Crippen molar-refractivity contribution in [1.29, 1.82) is 0 Å². The molecule has 6 heteroatoms. The number of hydrogen-bond acceptors (Lipinski definition) is 5. The van der Waals surface area contributed by atoms with E-state index in [9.17, 15) is 4.79 Å². The van der Waals surface area contributed by atoms with Gasteiger partial charge in [-0.05, 0) is 75.0 Å². The molecule has 1 atom stereocenters. The number of anilines is 1. The van der Waals surface area contributed by atoms with Crippen molar-refractivity contribution in [3.63, 3.8) is 0 Å². The standard InChI is InChI=1S/C23H26N2O2S2/c1-16-15-19(23(29-16)24-22(26)20-7-6-14-27-20)21(25-12-4-3-5-13-25)17-8-10-18(28-2)11-9-17/h6-11,14-15,21H,3-5,12-13H2,1-2H3,(H,24,26)/t21-/m1/s1. The molecule has 4 nitrogen and oxygen atoms in total. The van der Waals surface area contributed by atoms with Gasteiger partial charge in [0.15, 0.2) is 5.76 Å². The van der Waals surface area contributed by atoms with Crippen molar-refractivity contribution >= 4 is 34.0 Å². The lowest BCUT2D eigenvalue weighted by atomic mass is 9.96. The lowest BCUT2D eigenvalue weighted by Gasteiger charge is -2.35. The van der Waals surface area contributed by atoms with Crippen molar-refractivity contribution in [2.24, 2.45) is 0 Å². The van der Waals surface area contributed by atoms with Crippen LogP contribution in [0.25, 0.3) is 0 Å². The fraction of sp³-hybridized carbons (Fsp3) is 0.348. The van der Waals surface area contributed by atoms with Crippen LogP contribution in [-0.2, 0) is 0 Å². The number of furan rings is 1. The van der Waals surface area contributed by atoms with Crippen LogP contribution >= 0.6 is 23.1 Å². The molecule has 1 fully saturated rings. The highest BCUT2D eigenvalue weighted by molar-refractivity contribution is 7.98. The predicted molar refractivity (Wildman–Crippen MR) is 121 cm³/mol. The number of carbonyl (C=O) groups excluding carboxylic acids is 1. The first-order valence-electron chi connectivity index (χ1n) is 9.99. The number of thioether (sulfide) groups is 1. The molecule has 152 valence electrons. The van der Waals surface area contributed by atoms with Crippen molar-refractivity contribution < 1.29 is 9.21 Å². The molecule has 3 heterocycles. The maximum atomic E-state index is 12.6. The normalized spacial score (nSPS) is 15.9. The molecule has 1 saturated heterocycles. The van der Waals surface area contributed by atoms with E-state index in [-0.39, 0.29) is 11.9 Å². The third-order valence-electron chi connectivity index (χ3n) is 5.34. The second kappa shape index (κ2) is 9.20. The Morgan fingerprint density at radius 3 is 2.59 bits per heavy atom. The van der Waals surface area contributed by atoms with Crippen LogP contribution in [0.1, 0.15) is 51.9 Å². The highest BCUT2D eigenvalue weighted by atomic mass is 32.2. The summed E-state index contributed by atoms with van der Waals surface area (Å²) < 4.78 is 5.28. The predicted octanol–water partition coefficient (Wildman–Crippen LogP) is 6.20. The van der Waals surface area contributed by atoms with Gasteiger partial charge in [0.2, 0.25) is 0 Å². The van der Waals surface area contributed by atoms with Crippen LogP contribution in [0, 0.1) is 6.92 Å². The second-order valence-corrected chi connectivity index (χ2v) is 9.48. The quantitative estimate of drug-likeness (QED) is 0.477. The Morgan fingerprint density at radius 2 is 1.93 bits per heavy atom. The highest BCUT2D eigenvalue weighted by Gasteiger charge is 2.28. The third-order valence-corrected chi connectivity index (χ3v) is 7.06. The molecule has 0 unspecified atom stereocenters. The van der Waals surface area contributed by atoms with Crippen molar-refractivity contribution in [2.45, 2.75) is 37.1 Å². The first kappa shape index (κ1) is 20.3. The molecule has 0 aliphatic carbocycles. The number of nitrogens with zero attached hydrogens (tertiary/aromatic N) is 1. The van der Waals surface area contributed by atoms with Gasteiger partial charge in [-0.3, -0.25) is 9.69 Å². The topological polar surface area (TPSA) is 45.5 Å². The van der Waals surface area contributed by atoms with Crippen molar-refractivity contribution in [1.82, 2.24) is 4.90 Å². The van der Waals surface area contributed by atoms with E-state index in [1.807, 2.05) is 0 Å². The fourth-order valence-electron chi connectivity index (χ4n) is 3.96. The Balaban J connectivity index is 1.70. The molecule has 0 spiro atoms. The number of nitrogens with one attached hydrogen (secondary N) is 1. The average Bonchev–Trinajstić information content (AvgIpc) is 3.40. The minimum absolute atomic E-state index is 0.142. The minimum Gasteiger partial charge on any atom is -0.459 e. The number of rotatable bonds is 6. The Hall–Kier alpha value is -2.02. The van der Waals surface area contributed by atoms with E-state index in [1.54, 1.807) is 35.2 Å². The average molecular weight is 427 g/mol. The summed E-state index contributed by atoms with van der Waals surface area (Å²) in [5.74, 6) is 0.133. The van der Waals surface area contributed by atoms with Crippen LogP contribution in [0.4, 0.5) is 5.00 Å². The first-order valence-corrected chi connectivity index (χ1v) is 12.0. The lowest BCUT2D eigenvalue weighted by molar-refractivity contribution is 0.0996. The smallest absolute Gasteiger partial charge is 0.291 e. The van der Waals surface area contributed by atoms with Crippen molar-refractivity contribution in [3.05, 3.63) is 70.5 Å². The molecule has 3 aromatic rings. The monoisotopic (exact) mass is 426 g/mol. The molecule has 29 heavy (non-hydrogen) atoms. The summed E-state index contributed by atoms with van der Waals surface area (Å²) in [5.41, 5.74) is 2.45. The second-order valence-electron chi connectivity index (χ2n) is 7.35. The van der Waals surface area contributed by atoms with Gasteiger partial charge in [0.1, 0.15) is 5.00 Å². The molecule has 1 aliphatic heterocycles. The van der Waals surface area contributed by atoms with Gasteiger partial charge in [-0.1, -0.05) is 18.6 Å². The van der Waals surface area contributed by atoms with Gasteiger partial charge in [-0.25, -0.2) is 0 Å². The molecule has 1 aliphatic rings. The van der Waals surface area contributed by atoms with Gasteiger partial charge in [-0.15, -0.1) is 23.1 Å². The van der Waals surface area contributed by atoms with Gasteiger partial charge >= 0.3 is 0 Å². The first-order chi connectivity index (χ1) is 14.2. The summed E-state index contributed by atoms with van der Waals surface area (Å²) >= 11 is 3.39. The zero-order valence-electron chi connectivity index (χ0n) is 16.8. The maximum absolute atomic E-state index is 12.6. The molecule has 4 rings (SSSR count). The molecule has 1 N–H and O–H groups in total. The van der Waals surface area contributed by atoms with E-state index in [0.717, 1.165) is 18.1 Å². The van der Waals surface area contributed by atoms with Crippen LogP contribution in [0.15, 0.2) is 58.0 Å². The van der Waals surface area contributed by atoms with E-state index in [0.29, 0.717) is 5.76 Å². The maximum Gasteiger partial charge on any atom is 0.291 e. The SMILES string of the molecule is CSc1ccc([C@H](c2cc(C)sc2NC(=O)c2ccco2)N2CCCCC2)cc1. The van der Waals surface area contributed by atoms with E-state index < -0.39 is 0 Å². The van der Waals surface area contributed by atoms with Crippen molar-refractivity contribution in [2.75, 3.05) is 24.7 Å². The van der Waals surface area contributed by atoms with Gasteiger partial charge < -0.3 is 9.73 Å². The molecule has 1 amide bonds. The summed E-state index contributed by atoms with van der Waals surface area (Å²) in [6.07, 6.45) is 7.35. The molecular formula is C23H26N2O2S2. The summed E-state index contributed by atoms with van der Waals surface area (Å²) in [5, 5.41) is 4.01. The number of thiophene rings is 1. The van der Waals surface area contributed by atoms with Crippen LogP contribution in [0.2, 0.25) is 0 Å². The van der Waals surface area contributed by atoms with Gasteiger partial charge in [0, 0.05) is 15.3 Å². The fourth-order valence-corrected chi connectivity index (χ4v) is 5.31. The summed E-state index contributed by atoms with van der Waals surface area (Å²) in [7, 11) is 0. The molecule has 0 bridgehead atoms. The minimum atomic E-state index is -0.201. The van der Waals surface area contributed by atoms with E-state index >= 15 is 0 Å². The Morgan fingerprint density at radius 1 is 1.17 bits per heavy atom. The number of piperidine rings is 1. The lowest BCUT2D eigenvalue weighted by Crippen LogP contribution is -2.34. The molecule has 0 radical (unpaired) electrons. The molecule has 1 aromatic carbocycles. The number of aryl methyl sites for hydroxylation is 1. The van der Waals surface area contributed by atoms with Crippen molar-refractivity contribution in [3.8, 4) is 0 Å². The summed E-state index contributed by atoms with van der Waals surface area (Å²) in [4.78, 5) is 17.7. The van der Waals surface area contributed by atoms with E-state index in [2.05, 4.69) is 53.7 Å². The Kier molecular flexibility index (Phi) is 6.43. The van der Waals surface area contributed by atoms with Crippen LogP contribution in [0.3, 0.4) is 0 Å². The zero-order chi connectivity index (χ0) is 20.2. The molecule has 2 aromatic heterocycles. The van der Waals surface area contributed by atoms with E-state index in [4.69, 9.17) is 4.42 Å². The van der Waals surface area contributed by atoms with Gasteiger partial charge in [0.25, 0.3) is 5.91 Å². The number of carbonyl (C=O) groups is 1.